The molecule has 6 heteroatoms. The second kappa shape index (κ2) is 8.63. The van der Waals surface area contributed by atoms with Gasteiger partial charge in [0, 0.05) is 18.8 Å². The lowest BCUT2D eigenvalue weighted by Crippen LogP contribution is -2.65. The molecule has 2 N–H and O–H groups in total. The summed E-state index contributed by atoms with van der Waals surface area (Å²) >= 11 is 0. The topological polar surface area (TPSA) is 96.4 Å². The third kappa shape index (κ3) is 3.83. The Morgan fingerprint density at radius 2 is 1.74 bits per heavy atom. The number of rotatable bonds is 5. The van der Waals surface area contributed by atoms with Crippen LogP contribution in [0.15, 0.2) is 11.1 Å². The number of ketones is 1. The van der Waals surface area contributed by atoms with Gasteiger partial charge in [0.1, 0.15) is 18.0 Å². The number of fused-ring (bicyclic) bond motifs is 5. The number of ether oxygens (including phenoxy) is 2. The Hall–Kier alpha value is -1.24. The molecule has 1 saturated heterocycles. The van der Waals surface area contributed by atoms with Gasteiger partial charge in [-0.25, -0.2) is 0 Å². The van der Waals surface area contributed by atoms with Crippen molar-refractivity contribution in [2.24, 2.45) is 39.4 Å². The van der Waals surface area contributed by atoms with E-state index in [1.165, 1.54) is 12.5 Å². The standard InChI is InChI=1S/C32H50O6/c1-17(14-22(37-18(2)33)27-29(5,6)38-27)25-19-15-20(34)26-30(7)12-11-24(36)28(3,4)23(30)10-13-31(26,8)32(19,9)16-21(25)35/h17,20-23,26-27,34-35H,10-16H2,1-9H3. The molecule has 4 fully saturated rings. The van der Waals surface area contributed by atoms with E-state index in [9.17, 15) is 19.8 Å². The number of aliphatic hydroxyl groups excluding tert-OH is 2. The predicted octanol–water partition coefficient (Wildman–Crippen LogP) is 5.38. The number of epoxide rings is 1. The van der Waals surface area contributed by atoms with Crippen molar-refractivity contribution in [1.29, 1.82) is 0 Å². The highest BCUT2D eigenvalue weighted by Gasteiger charge is 2.70. The molecular formula is C32H50O6. The van der Waals surface area contributed by atoms with Gasteiger partial charge in [-0.15, -0.1) is 0 Å². The molecule has 0 spiro atoms. The summed E-state index contributed by atoms with van der Waals surface area (Å²) < 4.78 is 11.6. The third-order valence-corrected chi connectivity index (χ3v) is 12.5. The van der Waals surface area contributed by atoms with Crippen LogP contribution in [-0.4, -0.2) is 52.0 Å². The van der Waals surface area contributed by atoms with Crippen LogP contribution in [0, 0.1) is 39.4 Å². The van der Waals surface area contributed by atoms with Crippen LogP contribution in [0.4, 0.5) is 0 Å². The molecule has 0 aromatic rings. The van der Waals surface area contributed by atoms with E-state index in [0.717, 1.165) is 24.8 Å². The van der Waals surface area contributed by atoms with Crippen molar-refractivity contribution >= 4 is 11.8 Å². The summed E-state index contributed by atoms with van der Waals surface area (Å²) in [6, 6.07) is 0. The van der Waals surface area contributed by atoms with Crippen LogP contribution in [0.5, 0.6) is 0 Å². The number of carbonyl (C=O) groups excluding carboxylic acids is 2. The zero-order valence-electron chi connectivity index (χ0n) is 25.0. The Morgan fingerprint density at radius 1 is 1.11 bits per heavy atom. The van der Waals surface area contributed by atoms with E-state index in [1.807, 2.05) is 13.8 Å². The van der Waals surface area contributed by atoms with Gasteiger partial charge in [0.15, 0.2) is 0 Å². The van der Waals surface area contributed by atoms with Crippen LogP contribution in [0.1, 0.15) is 107 Å². The first-order chi connectivity index (χ1) is 17.4. The summed E-state index contributed by atoms with van der Waals surface area (Å²) in [5.41, 5.74) is 1.04. The molecule has 0 radical (unpaired) electrons. The highest BCUT2D eigenvalue weighted by Crippen LogP contribution is 2.74. The van der Waals surface area contributed by atoms with Gasteiger partial charge in [-0.05, 0) is 91.9 Å². The second-order valence-electron chi connectivity index (χ2n) is 15.3. The molecule has 0 bridgehead atoms. The van der Waals surface area contributed by atoms with Crippen LogP contribution >= 0.6 is 0 Å². The number of carbonyl (C=O) groups is 2. The normalized spacial score (nSPS) is 46.5. The fourth-order valence-electron chi connectivity index (χ4n) is 10.5. The lowest BCUT2D eigenvalue weighted by molar-refractivity contribution is -0.209. The quantitative estimate of drug-likeness (QED) is 0.281. The molecule has 214 valence electrons. The first-order valence-corrected chi connectivity index (χ1v) is 14.9. The Bertz CT molecular complexity index is 1060. The fraction of sp³-hybridized carbons (Fsp3) is 0.875. The van der Waals surface area contributed by atoms with Crippen LogP contribution in [0.2, 0.25) is 0 Å². The van der Waals surface area contributed by atoms with Crippen LogP contribution in [-0.2, 0) is 19.1 Å². The average Bonchev–Trinajstić information content (AvgIpc) is 3.32. The van der Waals surface area contributed by atoms with Crippen LogP contribution < -0.4 is 0 Å². The summed E-state index contributed by atoms with van der Waals surface area (Å²) in [5.74, 6) is 0.376. The molecule has 10 atom stereocenters. The summed E-state index contributed by atoms with van der Waals surface area (Å²) in [5, 5.41) is 23.5. The van der Waals surface area contributed by atoms with E-state index < -0.39 is 12.2 Å². The fourth-order valence-corrected chi connectivity index (χ4v) is 10.5. The van der Waals surface area contributed by atoms with Crippen molar-refractivity contribution in [2.75, 3.05) is 0 Å². The maximum atomic E-state index is 12.9. The SMILES string of the molecule is CC(=O)OC(CC(C)C1=C2CC(O)C3C4(C)CCC(=O)C(C)(C)C4CCC3(C)C2(C)CC1O)C1OC1(C)C. The second-order valence-corrected chi connectivity index (χ2v) is 15.3. The van der Waals surface area contributed by atoms with Gasteiger partial charge in [0.25, 0.3) is 0 Å². The molecule has 38 heavy (non-hydrogen) atoms. The molecule has 0 aromatic heterocycles. The Kier molecular flexibility index (Phi) is 6.43. The number of hydrogen-bond donors (Lipinski definition) is 2. The molecular weight excluding hydrogens is 480 g/mol. The summed E-state index contributed by atoms with van der Waals surface area (Å²) in [6.07, 6.45) is 3.56. The lowest BCUT2D eigenvalue weighted by Gasteiger charge is -2.68. The molecule has 10 unspecified atom stereocenters. The van der Waals surface area contributed by atoms with E-state index >= 15 is 0 Å². The minimum Gasteiger partial charge on any atom is -0.460 e. The number of Topliss-reactive ketones (excluding diaryl/α,β-unsaturated/α-hetero) is 1. The molecule has 5 rings (SSSR count). The molecule has 6 nitrogen and oxygen atoms in total. The van der Waals surface area contributed by atoms with E-state index in [2.05, 4.69) is 41.5 Å². The maximum Gasteiger partial charge on any atom is 0.302 e. The smallest absolute Gasteiger partial charge is 0.302 e. The molecule has 4 aliphatic carbocycles. The third-order valence-electron chi connectivity index (χ3n) is 12.5. The lowest BCUT2D eigenvalue weighted by atomic mass is 9.36. The zero-order chi connectivity index (χ0) is 28.2. The van der Waals surface area contributed by atoms with E-state index in [4.69, 9.17) is 9.47 Å². The molecule has 5 aliphatic rings. The summed E-state index contributed by atoms with van der Waals surface area (Å²) in [4.78, 5) is 24.8. The molecule has 0 aromatic carbocycles. The van der Waals surface area contributed by atoms with E-state index in [0.29, 0.717) is 31.5 Å². The van der Waals surface area contributed by atoms with Gasteiger partial charge in [0.2, 0.25) is 0 Å². The zero-order valence-corrected chi connectivity index (χ0v) is 25.0. The van der Waals surface area contributed by atoms with Gasteiger partial charge in [0.05, 0.1) is 17.8 Å². The molecule has 0 amide bonds. The Labute approximate surface area is 228 Å². The number of esters is 1. The van der Waals surface area contributed by atoms with Crippen LogP contribution in [0.3, 0.4) is 0 Å². The first kappa shape index (κ1) is 28.3. The summed E-state index contributed by atoms with van der Waals surface area (Å²) in [7, 11) is 0. The summed E-state index contributed by atoms with van der Waals surface area (Å²) in [6.45, 7) is 18.8. The number of aliphatic hydroxyl groups is 2. The van der Waals surface area contributed by atoms with Crippen molar-refractivity contribution in [3.63, 3.8) is 0 Å². The maximum absolute atomic E-state index is 12.9. The van der Waals surface area contributed by atoms with Gasteiger partial charge in [-0.2, -0.15) is 0 Å². The van der Waals surface area contributed by atoms with Crippen molar-refractivity contribution in [1.82, 2.24) is 0 Å². The van der Waals surface area contributed by atoms with Gasteiger partial charge >= 0.3 is 5.97 Å². The molecule has 1 heterocycles. The van der Waals surface area contributed by atoms with Crippen molar-refractivity contribution in [2.45, 2.75) is 137 Å². The minimum atomic E-state index is -0.575. The Balaban J connectivity index is 1.50. The van der Waals surface area contributed by atoms with E-state index in [-0.39, 0.29) is 63.2 Å². The first-order valence-electron chi connectivity index (χ1n) is 14.9. The number of hydrogen-bond acceptors (Lipinski definition) is 6. The van der Waals surface area contributed by atoms with E-state index in [1.54, 1.807) is 0 Å². The molecule has 1 aliphatic heterocycles. The average molecular weight is 531 g/mol. The van der Waals surface area contributed by atoms with Crippen molar-refractivity contribution < 1.29 is 29.3 Å². The molecule has 3 saturated carbocycles. The van der Waals surface area contributed by atoms with Gasteiger partial charge in [-0.1, -0.05) is 47.1 Å². The van der Waals surface area contributed by atoms with Gasteiger partial charge in [-0.3, -0.25) is 9.59 Å². The monoisotopic (exact) mass is 530 g/mol. The highest BCUT2D eigenvalue weighted by atomic mass is 16.6. The predicted molar refractivity (Wildman–Crippen MR) is 145 cm³/mol. The van der Waals surface area contributed by atoms with Crippen molar-refractivity contribution in [3.8, 4) is 0 Å². The Morgan fingerprint density at radius 3 is 2.32 bits per heavy atom. The highest BCUT2D eigenvalue weighted by molar-refractivity contribution is 5.85. The van der Waals surface area contributed by atoms with Gasteiger partial charge < -0.3 is 19.7 Å². The minimum absolute atomic E-state index is 0.00307. The van der Waals surface area contributed by atoms with Crippen LogP contribution in [0.25, 0.3) is 0 Å². The van der Waals surface area contributed by atoms with Crippen molar-refractivity contribution in [3.05, 3.63) is 11.1 Å². The largest absolute Gasteiger partial charge is 0.460 e.